The summed E-state index contributed by atoms with van der Waals surface area (Å²) in [6.45, 7) is 5.86. The summed E-state index contributed by atoms with van der Waals surface area (Å²) in [5.41, 5.74) is -0.540. The van der Waals surface area contributed by atoms with Crippen molar-refractivity contribution in [3.8, 4) is 0 Å². The summed E-state index contributed by atoms with van der Waals surface area (Å²) in [7, 11) is 0. The van der Waals surface area contributed by atoms with Crippen LogP contribution < -0.4 is 16.0 Å². The minimum absolute atomic E-state index is 0.0852. The highest BCUT2D eigenvalue weighted by Crippen LogP contribution is 2.33. The molecule has 0 fully saturated rings. The van der Waals surface area contributed by atoms with Crippen molar-refractivity contribution in [1.29, 1.82) is 0 Å². The van der Waals surface area contributed by atoms with Crippen LogP contribution >= 0.6 is 0 Å². The van der Waals surface area contributed by atoms with E-state index in [1.54, 1.807) is 12.1 Å². The van der Waals surface area contributed by atoms with Gasteiger partial charge in [-0.25, -0.2) is 0 Å². The van der Waals surface area contributed by atoms with Crippen LogP contribution in [-0.2, 0) is 0 Å². The Morgan fingerprint density at radius 1 is 0.964 bits per heavy atom. The van der Waals surface area contributed by atoms with E-state index >= 15 is 0 Å². The zero-order valence-corrected chi connectivity index (χ0v) is 15.3. The molecule has 0 saturated heterocycles. The van der Waals surface area contributed by atoms with Crippen molar-refractivity contribution in [3.63, 3.8) is 0 Å². The molecule has 3 aromatic rings. The average Bonchev–Trinajstić information content (AvgIpc) is 2.70. The first-order chi connectivity index (χ1) is 13.5. The van der Waals surface area contributed by atoms with E-state index in [0.717, 1.165) is 18.8 Å². The first-order valence-corrected chi connectivity index (χ1v) is 8.65. The van der Waals surface area contributed by atoms with Crippen molar-refractivity contribution in [2.75, 3.05) is 18.0 Å². The summed E-state index contributed by atoms with van der Waals surface area (Å²) in [4.78, 5) is 36.8. The van der Waals surface area contributed by atoms with E-state index < -0.39 is 21.7 Å². The van der Waals surface area contributed by atoms with Crippen LogP contribution in [-0.4, -0.2) is 28.2 Å². The van der Waals surface area contributed by atoms with Crippen molar-refractivity contribution < 1.29 is 4.92 Å². The number of aromatic amines is 2. The number of azo groups is 1. The molecule has 28 heavy (non-hydrogen) atoms. The highest BCUT2D eigenvalue weighted by atomic mass is 16.6. The van der Waals surface area contributed by atoms with Crippen LogP contribution in [0.4, 0.5) is 22.7 Å². The van der Waals surface area contributed by atoms with Crippen LogP contribution in [0, 0.1) is 10.1 Å². The van der Waals surface area contributed by atoms with Gasteiger partial charge in [0.15, 0.2) is 5.69 Å². The van der Waals surface area contributed by atoms with E-state index in [0.29, 0.717) is 5.69 Å². The lowest BCUT2D eigenvalue weighted by Gasteiger charge is -2.20. The van der Waals surface area contributed by atoms with Crippen molar-refractivity contribution in [2.24, 2.45) is 10.2 Å². The van der Waals surface area contributed by atoms with E-state index in [1.807, 2.05) is 12.1 Å². The third-order valence-corrected chi connectivity index (χ3v) is 4.35. The van der Waals surface area contributed by atoms with E-state index in [2.05, 4.69) is 39.2 Å². The van der Waals surface area contributed by atoms with Gasteiger partial charge in [0.05, 0.1) is 16.0 Å². The summed E-state index contributed by atoms with van der Waals surface area (Å²) in [5.74, 6) is 0. The fourth-order valence-electron chi connectivity index (χ4n) is 2.94. The molecule has 10 heteroatoms. The second-order valence-electron chi connectivity index (χ2n) is 5.91. The maximum atomic E-state index is 12.0. The molecule has 10 nitrogen and oxygen atoms in total. The highest BCUT2D eigenvalue weighted by Gasteiger charge is 2.22. The van der Waals surface area contributed by atoms with Crippen LogP contribution in [0.1, 0.15) is 13.8 Å². The number of hydrogen-bond donors (Lipinski definition) is 2. The smallest absolute Gasteiger partial charge is 0.310 e. The molecule has 0 amide bonds. The topological polar surface area (TPSA) is 137 Å². The van der Waals surface area contributed by atoms with Crippen molar-refractivity contribution in [3.05, 3.63) is 67.2 Å². The summed E-state index contributed by atoms with van der Waals surface area (Å²) in [6.07, 6.45) is 0. The van der Waals surface area contributed by atoms with Gasteiger partial charge in [-0.1, -0.05) is 0 Å². The first-order valence-electron chi connectivity index (χ1n) is 8.65. The summed E-state index contributed by atoms with van der Waals surface area (Å²) >= 11 is 0. The number of rotatable bonds is 6. The molecular formula is C18H18N6O4. The molecule has 0 aliphatic rings. The molecule has 1 heterocycles. The Labute approximate surface area is 158 Å². The Kier molecular flexibility index (Phi) is 5.30. The molecule has 1 aromatic heterocycles. The third-order valence-electron chi connectivity index (χ3n) is 4.35. The summed E-state index contributed by atoms with van der Waals surface area (Å²) in [5, 5.41) is 23.3. The normalized spacial score (nSPS) is 11.2. The van der Waals surface area contributed by atoms with E-state index in [9.17, 15) is 19.7 Å². The lowest BCUT2D eigenvalue weighted by molar-refractivity contribution is -0.382. The number of nitro groups is 1. The molecule has 0 aliphatic carbocycles. The number of nitrogens with zero attached hydrogens (tertiary/aromatic N) is 4. The van der Waals surface area contributed by atoms with Gasteiger partial charge < -0.3 is 4.90 Å². The zero-order chi connectivity index (χ0) is 20.3. The summed E-state index contributed by atoms with van der Waals surface area (Å²) in [6, 6.07) is 9.89. The molecule has 0 unspecified atom stereocenters. The van der Waals surface area contributed by atoms with Gasteiger partial charge in [-0.05, 0) is 50.2 Å². The number of benzene rings is 2. The Hall–Kier alpha value is -3.82. The third kappa shape index (κ3) is 3.52. The fraction of sp³-hybridized carbons (Fsp3) is 0.222. The lowest BCUT2D eigenvalue weighted by Crippen LogP contribution is -2.21. The van der Waals surface area contributed by atoms with Gasteiger partial charge in [0.25, 0.3) is 11.1 Å². The Bertz CT molecular complexity index is 1160. The second kappa shape index (κ2) is 7.82. The number of fused-ring (bicyclic) bond motifs is 1. The van der Waals surface area contributed by atoms with Gasteiger partial charge in [0.2, 0.25) is 0 Å². The molecule has 2 aromatic carbocycles. The Balaban J connectivity index is 2.04. The Morgan fingerprint density at radius 3 is 2.21 bits per heavy atom. The molecule has 144 valence electrons. The van der Waals surface area contributed by atoms with E-state index in [-0.39, 0.29) is 16.5 Å². The standard InChI is InChI=1S/C18H18N6O4/c1-3-23(4-2)12-7-5-11(6-8-12)19-20-14-10-9-13-15(16(14)24(27)28)18(26)22-21-17(13)25/h5-10H,3-4H2,1-2H3,(H,21,25)(H,22,26). The predicted molar refractivity (Wildman–Crippen MR) is 106 cm³/mol. The Morgan fingerprint density at radius 2 is 1.61 bits per heavy atom. The second-order valence-corrected chi connectivity index (χ2v) is 5.91. The number of hydrogen-bond acceptors (Lipinski definition) is 7. The summed E-state index contributed by atoms with van der Waals surface area (Å²) < 4.78 is 0. The molecule has 2 N–H and O–H groups in total. The van der Waals surface area contributed by atoms with Gasteiger partial charge in [-0.15, -0.1) is 5.11 Å². The molecule has 3 rings (SSSR count). The fourth-order valence-corrected chi connectivity index (χ4v) is 2.94. The SMILES string of the molecule is CCN(CC)c1ccc(N=Nc2ccc3c(=O)[nH][nH]c(=O)c3c2[N+](=O)[O-])cc1. The van der Waals surface area contributed by atoms with Crippen LogP contribution in [0.15, 0.2) is 56.2 Å². The van der Waals surface area contributed by atoms with Crippen molar-refractivity contribution in [1.82, 2.24) is 10.2 Å². The minimum atomic E-state index is -0.776. The first kappa shape index (κ1) is 19.0. The van der Waals surface area contributed by atoms with Crippen LogP contribution in [0.3, 0.4) is 0 Å². The predicted octanol–water partition coefficient (Wildman–Crippen LogP) is 3.39. The van der Waals surface area contributed by atoms with Crippen LogP contribution in [0.5, 0.6) is 0 Å². The number of anilines is 1. The van der Waals surface area contributed by atoms with E-state index in [1.165, 1.54) is 12.1 Å². The lowest BCUT2D eigenvalue weighted by atomic mass is 10.1. The molecular weight excluding hydrogens is 364 g/mol. The van der Waals surface area contributed by atoms with Crippen LogP contribution in [0.25, 0.3) is 10.8 Å². The van der Waals surface area contributed by atoms with Gasteiger partial charge in [0.1, 0.15) is 5.39 Å². The van der Waals surface area contributed by atoms with Gasteiger partial charge in [-0.2, -0.15) is 5.11 Å². The highest BCUT2D eigenvalue weighted by molar-refractivity contribution is 5.94. The monoisotopic (exact) mass is 382 g/mol. The van der Waals surface area contributed by atoms with Gasteiger partial charge in [-0.3, -0.25) is 29.9 Å². The number of nitrogens with one attached hydrogen (secondary N) is 2. The van der Waals surface area contributed by atoms with Crippen LogP contribution in [0.2, 0.25) is 0 Å². The number of aromatic nitrogens is 2. The number of nitro benzene ring substituents is 1. The largest absolute Gasteiger partial charge is 0.372 e. The maximum Gasteiger partial charge on any atom is 0.310 e. The number of H-pyrrole nitrogens is 2. The quantitative estimate of drug-likeness (QED) is 0.382. The molecule has 0 spiro atoms. The van der Waals surface area contributed by atoms with Gasteiger partial charge >= 0.3 is 5.69 Å². The average molecular weight is 382 g/mol. The van der Waals surface area contributed by atoms with Crippen molar-refractivity contribution in [2.45, 2.75) is 13.8 Å². The van der Waals surface area contributed by atoms with E-state index in [4.69, 9.17) is 0 Å². The molecule has 0 aliphatic heterocycles. The minimum Gasteiger partial charge on any atom is -0.372 e. The maximum absolute atomic E-state index is 12.0. The van der Waals surface area contributed by atoms with Gasteiger partial charge in [0, 0.05) is 18.8 Å². The molecule has 0 atom stereocenters. The molecule has 0 saturated carbocycles. The zero-order valence-electron chi connectivity index (χ0n) is 15.3. The van der Waals surface area contributed by atoms with Crippen molar-refractivity contribution >= 4 is 33.5 Å². The molecule has 0 bridgehead atoms. The molecule has 0 radical (unpaired) electrons.